The zero-order valence-corrected chi connectivity index (χ0v) is 10.5. The Labute approximate surface area is 108 Å². The van der Waals surface area contributed by atoms with Gasteiger partial charge in [0.05, 0.1) is 6.61 Å². The standard InChI is InChI=1S/C8H12N4O5.ClH/c1-7-9-6-8(12(15)16)10(7)2-4-17-5-3-11(13)14;/h6H,2-5H2,1H3;1H. The van der Waals surface area contributed by atoms with Crippen LogP contribution < -0.4 is 0 Å². The fourth-order valence-corrected chi connectivity index (χ4v) is 1.28. The molecule has 0 bridgehead atoms. The van der Waals surface area contributed by atoms with Crippen molar-refractivity contribution in [2.45, 2.75) is 13.5 Å². The second-order valence-corrected chi connectivity index (χ2v) is 3.24. The Morgan fingerprint density at radius 3 is 2.61 bits per heavy atom. The molecule has 0 aliphatic rings. The van der Waals surface area contributed by atoms with Crippen LogP contribution in [-0.4, -0.2) is 39.2 Å². The molecule has 0 unspecified atom stereocenters. The summed E-state index contributed by atoms with van der Waals surface area (Å²) in [4.78, 5) is 23.4. The number of hydrogen-bond acceptors (Lipinski definition) is 6. The van der Waals surface area contributed by atoms with Crippen LogP contribution in [0.3, 0.4) is 0 Å². The molecule has 0 amide bonds. The molecule has 18 heavy (non-hydrogen) atoms. The van der Waals surface area contributed by atoms with Crippen molar-refractivity contribution in [3.63, 3.8) is 0 Å². The molecule has 0 saturated carbocycles. The second kappa shape index (κ2) is 7.56. The van der Waals surface area contributed by atoms with Gasteiger partial charge in [0.2, 0.25) is 6.54 Å². The van der Waals surface area contributed by atoms with E-state index in [1.807, 2.05) is 0 Å². The van der Waals surface area contributed by atoms with Crippen LogP contribution in [0, 0.1) is 27.2 Å². The molecule has 0 saturated heterocycles. The molecule has 0 radical (unpaired) electrons. The highest BCUT2D eigenvalue weighted by Crippen LogP contribution is 2.12. The van der Waals surface area contributed by atoms with Gasteiger partial charge in [0.25, 0.3) is 0 Å². The lowest BCUT2D eigenvalue weighted by molar-refractivity contribution is -0.483. The summed E-state index contributed by atoms with van der Waals surface area (Å²) < 4.78 is 6.39. The maximum atomic E-state index is 10.6. The number of aromatic nitrogens is 2. The number of imidazole rings is 1. The third kappa shape index (κ3) is 4.63. The van der Waals surface area contributed by atoms with Gasteiger partial charge < -0.3 is 14.9 Å². The van der Waals surface area contributed by atoms with Crippen molar-refractivity contribution < 1.29 is 14.6 Å². The van der Waals surface area contributed by atoms with Gasteiger partial charge in [0.1, 0.15) is 19.3 Å². The van der Waals surface area contributed by atoms with Crippen molar-refractivity contribution in [2.24, 2.45) is 0 Å². The minimum atomic E-state index is -0.531. The van der Waals surface area contributed by atoms with E-state index in [0.29, 0.717) is 5.82 Å². The van der Waals surface area contributed by atoms with Crippen molar-refractivity contribution in [3.05, 3.63) is 32.2 Å². The normalized spacial score (nSPS) is 9.83. The molecule has 0 aliphatic heterocycles. The van der Waals surface area contributed by atoms with E-state index in [1.54, 1.807) is 6.92 Å². The lowest BCUT2D eigenvalue weighted by Crippen LogP contribution is -2.14. The molecule has 0 N–H and O–H groups in total. The summed E-state index contributed by atoms with van der Waals surface area (Å²) in [6.45, 7) is 1.79. The zero-order chi connectivity index (χ0) is 12.8. The predicted octanol–water partition coefficient (Wildman–Crippen LogP) is 0.815. The van der Waals surface area contributed by atoms with Crippen LogP contribution >= 0.6 is 12.4 Å². The van der Waals surface area contributed by atoms with Crippen LogP contribution in [0.1, 0.15) is 5.82 Å². The van der Waals surface area contributed by atoms with Gasteiger partial charge in [-0.15, -0.1) is 12.4 Å². The first-order chi connectivity index (χ1) is 8.02. The van der Waals surface area contributed by atoms with Gasteiger partial charge in [-0.05, 0) is 4.92 Å². The Balaban J connectivity index is 0.00000289. The molecule has 1 heterocycles. The monoisotopic (exact) mass is 280 g/mol. The Morgan fingerprint density at radius 1 is 1.39 bits per heavy atom. The van der Waals surface area contributed by atoms with Crippen LogP contribution in [-0.2, 0) is 11.3 Å². The molecule has 1 aromatic heterocycles. The number of nitro groups is 2. The summed E-state index contributed by atoms with van der Waals surface area (Å²) in [5, 5.41) is 20.6. The van der Waals surface area contributed by atoms with Crippen molar-refractivity contribution in [1.82, 2.24) is 9.55 Å². The topological polar surface area (TPSA) is 113 Å². The highest BCUT2D eigenvalue weighted by molar-refractivity contribution is 5.85. The lowest BCUT2D eigenvalue weighted by Gasteiger charge is -2.03. The first kappa shape index (κ1) is 16.3. The van der Waals surface area contributed by atoms with E-state index in [1.165, 1.54) is 10.8 Å². The van der Waals surface area contributed by atoms with Gasteiger partial charge in [-0.2, -0.15) is 0 Å². The van der Waals surface area contributed by atoms with Gasteiger partial charge in [-0.1, -0.05) is 0 Å². The Morgan fingerprint density at radius 2 is 2.06 bits per heavy atom. The Bertz CT molecular complexity index is 422. The number of rotatable bonds is 7. The van der Waals surface area contributed by atoms with Crippen LogP contribution in [0.4, 0.5) is 5.82 Å². The van der Waals surface area contributed by atoms with E-state index in [4.69, 9.17) is 4.74 Å². The van der Waals surface area contributed by atoms with Gasteiger partial charge in [0.15, 0.2) is 5.82 Å². The molecule has 10 heteroatoms. The number of nitrogens with zero attached hydrogens (tertiary/aromatic N) is 4. The van der Waals surface area contributed by atoms with E-state index in [2.05, 4.69) is 4.98 Å². The average Bonchev–Trinajstić information content (AvgIpc) is 2.59. The summed E-state index contributed by atoms with van der Waals surface area (Å²) >= 11 is 0. The molecule has 0 fully saturated rings. The van der Waals surface area contributed by atoms with Gasteiger partial charge in [0, 0.05) is 11.8 Å². The fourth-order valence-electron chi connectivity index (χ4n) is 1.28. The maximum absolute atomic E-state index is 10.6. The minimum absolute atomic E-state index is 0. The highest BCUT2D eigenvalue weighted by atomic mass is 35.5. The zero-order valence-electron chi connectivity index (χ0n) is 9.64. The van der Waals surface area contributed by atoms with E-state index in [9.17, 15) is 20.2 Å². The molecule has 0 aromatic carbocycles. The Hall–Kier alpha value is -1.74. The smallest absolute Gasteiger partial charge is 0.342 e. The molecule has 0 spiro atoms. The van der Waals surface area contributed by atoms with E-state index in [-0.39, 0.29) is 44.5 Å². The summed E-state index contributed by atoms with van der Waals surface area (Å²) in [5.41, 5.74) is 0. The van der Waals surface area contributed by atoms with Crippen LogP contribution in [0.15, 0.2) is 6.20 Å². The molecule has 102 valence electrons. The third-order valence-electron chi connectivity index (χ3n) is 2.10. The predicted molar refractivity (Wildman–Crippen MR) is 63.5 cm³/mol. The first-order valence-electron chi connectivity index (χ1n) is 4.88. The van der Waals surface area contributed by atoms with Crippen LogP contribution in [0.2, 0.25) is 0 Å². The van der Waals surface area contributed by atoms with E-state index < -0.39 is 9.85 Å². The van der Waals surface area contributed by atoms with Crippen LogP contribution in [0.5, 0.6) is 0 Å². The van der Waals surface area contributed by atoms with Crippen molar-refractivity contribution >= 4 is 18.2 Å². The van der Waals surface area contributed by atoms with Crippen LogP contribution in [0.25, 0.3) is 0 Å². The number of aryl methyl sites for hydroxylation is 1. The SMILES string of the molecule is Cc1ncc([N+](=O)[O-])n1CCOCC[N+](=O)[O-].Cl. The molecular weight excluding hydrogens is 268 g/mol. The van der Waals surface area contributed by atoms with Gasteiger partial charge >= 0.3 is 5.82 Å². The number of hydrogen-bond donors (Lipinski definition) is 0. The molecule has 0 aliphatic carbocycles. The van der Waals surface area contributed by atoms with Crippen molar-refractivity contribution in [2.75, 3.05) is 19.8 Å². The summed E-state index contributed by atoms with van der Waals surface area (Å²) in [5.74, 6) is 0.398. The van der Waals surface area contributed by atoms with Gasteiger partial charge in [-0.3, -0.25) is 10.1 Å². The van der Waals surface area contributed by atoms with Crippen molar-refractivity contribution in [3.8, 4) is 0 Å². The van der Waals surface area contributed by atoms with E-state index in [0.717, 1.165) is 0 Å². The quantitative estimate of drug-likeness (QED) is 0.415. The molecule has 1 rings (SSSR count). The van der Waals surface area contributed by atoms with Gasteiger partial charge in [-0.25, -0.2) is 9.55 Å². The summed E-state index contributed by atoms with van der Waals surface area (Å²) in [6.07, 6.45) is 1.17. The summed E-state index contributed by atoms with van der Waals surface area (Å²) in [7, 11) is 0. The molecular formula is C8H13ClN4O5. The number of halogens is 1. The third-order valence-corrected chi connectivity index (χ3v) is 2.10. The second-order valence-electron chi connectivity index (χ2n) is 3.24. The maximum Gasteiger partial charge on any atom is 0.342 e. The highest BCUT2D eigenvalue weighted by Gasteiger charge is 2.16. The largest absolute Gasteiger partial charge is 0.371 e. The van der Waals surface area contributed by atoms with E-state index >= 15 is 0 Å². The summed E-state index contributed by atoms with van der Waals surface area (Å²) in [6, 6.07) is 0. The molecule has 9 nitrogen and oxygen atoms in total. The molecule has 1 aromatic rings. The lowest BCUT2D eigenvalue weighted by atomic mass is 10.5. The molecule has 0 atom stereocenters. The Kier molecular flexibility index (Phi) is 6.83. The minimum Gasteiger partial charge on any atom is -0.371 e. The number of ether oxygens (including phenoxy) is 1. The fraction of sp³-hybridized carbons (Fsp3) is 0.625. The van der Waals surface area contributed by atoms with Crippen molar-refractivity contribution in [1.29, 1.82) is 0 Å². The average molecular weight is 281 g/mol. The first-order valence-corrected chi connectivity index (χ1v) is 4.88.